The van der Waals surface area contributed by atoms with Gasteiger partial charge < -0.3 is 21.3 Å². The number of hydrogen-bond donors (Lipinski definition) is 4. The molecule has 2 heterocycles. The third kappa shape index (κ3) is 5.42. The van der Waals surface area contributed by atoms with Crippen molar-refractivity contribution in [3.05, 3.63) is 45.9 Å². The molecule has 160 valence electrons. The molecule has 3 unspecified atom stereocenters. The number of fused-ring (bicyclic) bond motifs is 1. The molecule has 2 fully saturated rings. The van der Waals surface area contributed by atoms with E-state index in [0.717, 1.165) is 34.3 Å². The Hall–Kier alpha value is -1.90. The van der Waals surface area contributed by atoms with Gasteiger partial charge in [-0.05, 0) is 43.1 Å². The zero-order valence-electron chi connectivity index (χ0n) is 16.6. The number of anilines is 1. The molecule has 1 amide bonds. The molecule has 1 saturated heterocycles. The highest BCUT2D eigenvalue weighted by atomic mass is 35.5. The molecule has 4 rings (SSSR count). The van der Waals surface area contributed by atoms with Gasteiger partial charge >= 0.3 is 0 Å². The van der Waals surface area contributed by atoms with Crippen molar-refractivity contribution in [2.24, 2.45) is 5.92 Å². The molecule has 1 aliphatic carbocycles. The summed E-state index contributed by atoms with van der Waals surface area (Å²) in [5.74, 6) is 0.443. The van der Waals surface area contributed by atoms with Gasteiger partial charge in [0.25, 0.3) is 0 Å². The van der Waals surface area contributed by atoms with Gasteiger partial charge in [-0.1, -0.05) is 42.6 Å². The average Bonchev–Trinajstić information content (AvgIpc) is 3.16. The Morgan fingerprint density at radius 3 is 2.97 bits per heavy atom. The maximum absolute atomic E-state index is 12.3. The van der Waals surface area contributed by atoms with E-state index in [0.29, 0.717) is 30.0 Å². The predicted molar refractivity (Wildman–Crippen MR) is 126 cm³/mol. The molecule has 0 spiro atoms. The van der Waals surface area contributed by atoms with Crippen molar-refractivity contribution in [2.45, 2.75) is 50.7 Å². The second-order valence-corrected chi connectivity index (χ2v) is 9.48. The second-order valence-electron chi connectivity index (χ2n) is 7.81. The summed E-state index contributed by atoms with van der Waals surface area (Å²) in [5.41, 5.74) is 1.81. The molecule has 3 atom stereocenters. The molecule has 0 bridgehead atoms. The molecule has 9 heteroatoms. The number of amides is 1. The lowest BCUT2D eigenvalue weighted by molar-refractivity contribution is -0.120. The van der Waals surface area contributed by atoms with Crippen LogP contribution in [0.2, 0.25) is 5.02 Å². The molecule has 2 aliphatic rings. The van der Waals surface area contributed by atoms with E-state index in [4.69, 9.17) is 23.8 Å². The fourth-order valence-electron chi connectivity index (χ4n) is 4.19. The van der Waals surface area contributed by atoms with E-state index in [2.05, 4.69) is 26.3 Å². The smallest absolute Gasteiger partial charge is 0.226 e. The van der Waals surface area contributed by atoms with Gasteiger partial charge in [0.05, 0.1) is 12.1 Å². The Labute approximate surface area is 191 Å². The second kappa shape index (κ2) is 9.94. The summed E-state index contributed by atoms with van der Waals surface area (Å²) in [6, 6.07) is 8.12. The van der Waals surface area contributed by atoms with Crippen LogP contribution in [-0.4, -0.2) is 34.8 Å². The maximum atomic E-state index is 12.3. The number of carbonyl (C=O) groups is 1. The number of benzene rings is 1. The van der Waals surface area contributed by atoms with E-state index in [9.17, 15) is 4.79 Å². The quantitative estimate of drug-likeness (QED) is 0.471. The normalized spacial score (nSPS) is 23.1. The number of rotatable bonds is 7. The number of aromatic nitrogens is 1. The van der Waals surface area contributed by atoms with Crippen molar-refractivity contribution >= 4 is 51.3 Å². The molecule has 1 aromatic heterocycles. The SMILES string of the molecule is O=C(Cc1csc(NC2NC(=S)NC3CCCCC32)n1)NCCc1ccccc1Cl. The number of carbonyl (C=O) groups excluding carboxylic acids is 1. The third-order valence-electron chi connectivity index (χ3n) is 5.70. The van der Waals surface area contributed by atoms with Crippen LogP contribution in [0.3, 0.4) is 0 Å². The van der Waals surface area contributed by atoms with Crippen molar-refractivity contribution in [3.8, 4) is 0 Å². The molecular formula is C21H26ClN5OS2. The zero-order chi connectivity index (χ0) is 20.9. The molecular weight excluding hydrogens is 438 g/mol. The maximum Gasteiger partial charge on any atom is 0.226 e. The van der Waals surface area contributed by atoms with Crippen LogP contribution >= 0.6 is 35.2 Å². The first-order valence-electron chi connectivity index (χ1n) is 10.4. The molecule has 1 aromatic carbocycles. The number of nitrogens with zero attached hydrogens (tertiary/aromatic N) is 1. The molecule has 1 aliphatic heterocycles. The first-order chi connectivity index (χ1) is 14.6. The highest BCUT2D eigenvalue weighted by Gasteiger charge is 2.36. The van der Waals surface area contributed by atoms with Crippen LogP contribution in [0.1, 0.15) is 36.9 Å². The first kappa shape index (κ1) is 21.3. The highest BCUT2D eigenvalue weighted by Crippen LogP contribution is 2.30. The summed E-state index contributed by atoms with van der Waals surface area (Å²) in [4.78, 5) is 16.9. The van der Waals surface area contributed by atoms with Gasteiger partial charge in [0.15, 0.2) is 10.2 Å². The van der Waals surface area contributed by atoms with Crippen LogP contribution in [-0.2, 0) is 17.6 Å². The van der Waals surface area contributed by atoms with Crippen molar-refractivity contribution < 1.29 is 4.79 Å². The molecule has 0 radical (unpaired) electrons. The molecule has 4 N–H and O–H groups in total. The van der Waals surface area contributed by atoms with Gasteiger partial charge in [-0.25, -0.2) is 4.98 Å². The Bertz CT molecular complexity index is 905. The number of thiazole rings is 1. The Morgan fingerprint density at radius 2 is 2.10 bits per heavy atom. The largest absolute Gasteiger partial charge is 0.360 e. The highest BCUT2D eigenvalue weighted by molar-refractivity contribution is 7.80. The van der Waals surface area contributed by atoms with Crippen molar-refractivity contribution in [3.63, 3.8) is 0 Å². The lowest BCUT2D eigenvalue weighted by Crippen LogP contribution is -2.63. The van der Waals surface area contributed by atoms with E-state index in [1.54, 1.807) is 0 Å². The minimum atomic E-state index is -0.0348. The van der Waals surface area contributed by atoms with E-state index < -0.39 is 0 Å². The Kier molecular flexibility index (Phi) is 7.07. The topological polar surface area (TPSA) is 78.1 Å². The predicted octanol–water partition coefficient (Wildman–Crippen LogP) is 3.47. The van der Waals surface area contributed by atoms with Crippen LogP contribution in [0.5, 0.6) is 0 Å². The lowest BCUT2D eigenvalue weighted by atomic mass is 9.81. The van der Waals surface area contributed by atoms with E-state index >= 15 is 0 Å². The summed E-state index contributed by atoms with van der Waals surface area (Å²) < 4.78 is 0. The van der Waals surface area contributed by atoms with E-state index in [1.165, 1.54) is 24.2 Å². The van der Waals surface area contributed by atoms with Gasteiger partial charge in [-0.3, -0.25) is 4.79 Å². The Morgan fingerprint density at radius 1 is 1.27 bits per heavy atom. The van der Waals surface area contributed by atoms with Gasteiger partial charge in [-0.15, -0.1) is 11.3 Å². The molecule has 6 nitrogen and oxygen atoms in total. The fourth-order valence-corrected chi connectivity index (χ4v) is 5.45. The van der Waals surface area contributed by atoms with Gasteiger partial charge in [0.1, 0.15) is 6.17 Å². The first-order valence-corrected chi connectivity index (χ1v) is 12.0. The Balaban J connectivity index is 1.27. The minimum Gasteiger partial charge on any atom is -0.360 e. The molecule has 2 aromatic rings. The van der Waals surface area contributed by atoms with Gasteiger partial charge in [-0.2, -0.15) is 0 Å². The van der Waals surface area contributed by atoms with Crippen LogP contribution in [0, 0.1) is 5.92 Å². The molecule has 1 saturated carbocycles. The van der Waals surface area contributed by atoms with Crippen LogP contribution < -0.4 is 21.3 Å². The number of halogens is 1. The van der Waals surface area contributed by atoms with Crippen molar-refractivity contribution in [1.82, 2.24) is 20.9 Å². The minimum absolute atomic E-state index is 0.0348. The van der Waals surface area contributed by atoms with E-state index in [-0.39, 0.29) is 18.5 Å². The van der Waals surface area contributed by atoms with Crippen molar-refractivity contribution in [2.75, 3.05) is 11.9 Å². The third-order valence-corrected chi connectivity index (χ3v) is 7.12. The standard InChI is InChI=1S/C21H26ClN5OS2/c22-16-7-3-1-5-13(16)9-10-23-18(28)11-14-12-30-21(24-14)27-19-15-6-2-4-8-17(15)25-20(29)26-19/h1,3,5,7,12,15,17,19H,2,4,6,8-11H2,(H,23,28)(H,24,27)(H2,25,26,29). The molecule has 30 heavy (non-hydrogen) atoms. The van der Waals surface area contributed by atoms with E-state index in [1.807, 2.05) is 29.6 Å². The van der Waals surface area contributed by atoms with Gasteiger partial charge in [0.2, 0.25) is 5.91 Å². The van der Waals surface area contributed by atoms with Gasteiger partial charge in [0, 0.05) is 28.9 Å². The van der Waals surface area contributed by atoms with Crippen molar-refractivity contribution in [1.29, 1.82) is 0 Å². The van der Waals surface area contributed by atoms with Crippen LogP contribution in [0.15, 0.2) is 29.6 Å². The van der Waals surface area contributed by atoms with Crippen LogP contribution in [0.25, 0.3) is 0 Å². The number of nitrogens with one attached hydrogen (secondary N) is 4. The van der Waals surface area contributed by atoms with Crippen LogP contribution in [0.4, 0.5) is 5.13 Å². The zero-order valence-corrected chi connectivity index (χ0v) is 19.0. The monoisotopic (exact) mass is 463 g/mol. The lowest BCUT2D eigenvalue weighted by Gasteiger charge is -2.43. The number of hydrogen-bond acceptors (Lipinski definition) is 5. The summed E-state index contributed by atoms with van der Waals surface area (Å²) in [6.07, 6.45) is 5.86. The average molecular weight is 464 g/mol. The summed E-state index contributed by atoms with van der Waals surface area (Å²) >= 11 is 13.1. The summed E-state index contributed by atoms with van der Waals surface area (Å²) in [5, 5.41) is 17.4. The fraction of sp³-hybridized carbons (Fsp3) is 0.476. The summed E-state index contributed by atoms with van der Waals surface area (Å²) in [7, 11) is 0. The number of thiocarbonyl (C=S) groups is 1. The summed E-state index contributed by atoms with van der Waals surface area (Å²) in [6.45, 7) is 0.553.